The zero-order valence-electron chi connectivity index (χ0n) is 12.8. The molecular weight excluding hydrogens is 224 g/mol. The topological polar surface area (TPSA) is 32.3 Å². The molecule has 1 rings (SSSR count). The third kappa shape index (κ3) is 4.27. The number of hydrogen-bond donors (Lipinski definition) is 1. The van der Waals surface area contributed by atoms with Crippen molar-refractivity contribution in [1.82, 2.24) is 10.2 Å². The van der Waals surface area contributed by atoms with E-state index in [9.17, 15) is 4.79 Å². The average molecular weight is 254 g/mol. The Balaban J connectivity index is 2.72. The molecule has 1 atom stereocenters. The molecule has 1 aliphatic rings. The first kappa shape index (κ1) is 15.5. The van der Waals surface area contributed by atoms with Crippen LogP contribution in [0.1, 0.15) is 66.7 Å². The Labute approximate surface area is 112 Å². The third-order valence-electron chi connectivity index (χ3n) is 3.76. The molecule has 0 aromatic carbocycles. The number of amides is 1. The van der Waals surface area contributed by atoms with Crippen LogP contribution in [0.25, 0.3) is 0 Å². The van der Waals surface area contributed by atoms with Gasteiger partial charge in [0.2, 0.25) is 5.91 Å². The van der Waals surface area contributed by atoms with E-state index in [0.717, 1.165) is 25.8 Å². The van der Waals surface area contributed by atoms with Crippen molar-refractivity contribution >= 4 is 5.91 Å². The van der Waals surface area contributed by atoms with Crippen molar-refractivity contribution in [3.63, 3.8) is 0 Å². The number of likely N-dealkylation sites (tertiary alicyclic amines) is 1. The Hall–Kier alpha value is -0.570. The normalized spacial score (nSPS) is 22.2. The lowest BCUT2D eigenvalue weighted by Gasteiger charge is -2.40. The summed E-state index contributed by atoms with van der Waals surface area (Å²) in [6.07, 6.45) is 5.69. The van der Waals surface area contributed by atoms with Crippen molar-refractivity contribution in [3.05, 3.63) is 0 Å². The minimum absolute atomic E-state index is 0.0860. The van der Waals surface area contributed by atoms with Crippen LogP contribution in [0.5, 0.6) is 0 Å². The second kappa shape index (κ2) is 6.55. The zero-order valence-corrected chi connectivity index (χ0v) is 12.8. The molecule has 1 N–H and O–H groups in total. The molecule has 106 valence electrons. The van der Waals surface area contributed by atoms with Crippen LogP contribution in [-0.4, -0.2) is 35.0 Å². The van der Waals surface area contributed by atoms with Crippen molar-refractivity contribution in [2.45, 2.75) is 84.3 Å². The maximum absolute atomic E-state index is 12.4. The van der Waals surface area contributed by atoms with Gasteiger partial charge >= 0.3 is 0 Å². The highest BCUT2D eigenvalue weighted by molar-refractivity contribution is 5.82. The largest absolute Gasteiger partial charge is 0.350 e. The van der Waals surface area contributed by atoms with Crippen molar-refractivity contribution in [1.29, 1.82) is 0 Å². The van der Waals surface area contributed by atoms with Crippen molar-refractivity contribution < 1.29 is 4.79 Å². The lowest BCUT2D eigenvalue weighted by atomic mass is 9.96. The van der Waals surface area contributed by atoms with Crippen LogP contribution in [0, 0.1) is 0 Å². The van der Waals surface area contributed by atoms with Crippen LogP contribution in [0.2, 0.25) is 0 Å². The van der Waals surface area contributed by atoms with Gasteiger partial charge in [-0.05, 0) is 53.0 Å². The SMILES string of the molecule is CCC(CC)N1CCCCC1C(=O)NC(C)(C)C. The van der Waals surface area contributed by atoms with Gasteiger partial charge in [-0.1, -0.05) is 20.3 Å². The van der Waals surface area contributed by atoms with Crippen LogP contribution in [0.15, 0.2) is 0 Å². The highest BCUT2D eigenvalue weighted by atomic mass is 16.2. The molecule has 1 amide bonds. The van der Waals surface area contributed by atoms with E-state index in [1.807, 2.05) is 0 Å². The predicted octanol–water partition coefficient (Wildman–Crippen LogP) is 2.94. The van der Waals surface area contributed by atoms with Crippen LogP contribution in [0.3, 0.4) is 0 Å². The van der Waals surface area contributed by atoms with E-state index in [2.05, 4.69) is 44.8 Å². The molecule has 0 saturated carbocycles. The Morgan fingerprint density at radius 1 is 1.28 bits per heavy atom. The van der Waals surface area contributed by atoms with E-state index in [-0.39, 0.29) is 17.5 Å². The summed E-state index contributed by atoms with van der Waals surface area (Å²) < 4.78 is 0. The summed E-state index contributed by atoms with van der Waals surface area (Å²) in [4.78, 5) is 14.8. The highest BCUT2D eigenvalue weighted by Crippen LogP contribution is 2.23. The summed E-state index contributed by atoms with van der Waals surface area (Å²) in [5.41, 5.74) is -0.131. The highest BCUT2D eigenvalue weighted by Gasteiger charge is 2.33. The van der Waals surface area contributed by atoms with E-state index >= 15 is 0 Å². The minimum Gasteiger partial charge on any atom is -0.350 e. The Bertz CT molecular complexity index is 266. The van der Waals surface area contributed by atoms with Gasteiger partial charge in [0.1, 0.15) is 0 Å². The first-order valence-corrected chi connectivity index (χ1v) is 7.46. The third-order valence-corrected chi connectivity index (χ3v) is 3.76. The minimum atomic E-state index is -0.131. The monoisotopic (exact) mass is 254 g/mol. The zero-order chi connectivity index (χ0) is 13.8. The fraction of sp³-hybridized carbons (Fsp3) is 0.933. The van der Waals surface area contributed by atoms with Gasteiger partial charge in [-0.2, -0.15) is 0 Å². The number of hydrogen-bond acceptors (Lipinski definition) is 2. The van der Waals surface area contributed by atoms with Gasteiger partial charge < -0.3 is 5.32 Å². The van der Waals surface area contributed by atoms with Crippen molar-refractivity contribution in [3.8, 4) is 0 Å². The molecule has 1 aliphatic heterocycles. The number of carbonyl (C=O) groups excluding carboxylic acids is 1. The van der Waals surface area contributed by atoms with Crippen molar-refractivity contribution in [2.75, 3.05) is 6.54 Å². The molecule has 1 unspecified atom stereocenters. The van der Waals surface area contributed by atoms with E-state index in [4.69, 9.17) is 0 Å². The molecule has 0 spiro atoms. The van der Waals surface area contributed by atoms with Gasteiger partial charge in [-0.25, -0.2) is 0 Å². The van der Waals surface area contributed by atoms with E-state index in [0.29, 0.717) is 6.04 Å². The van der Waals surface area contributed by atoms with E-state index < -0.39 is 0 Å². The molecule has 3 nitrogen and oxygen atoms in total. The molecule has 0 radical (unpaired) electrons. The second-order valence-corrected chi connectivity index (χ2v) is 6.46. The number of piperidine rings is 1. The molecule has 0 bridgehead atoms. The molecule has 1 fully saturated rings. The van der Waals surface area contributed by atoms with E-state index in [1.54, 1.807) is 0 Å². The summed E-state index contributed by atoms with van der Waals surface area (Å²) >= 11 is 0. The van der Waals surface area contributed by atoms with Crippen LogP contribution < -0.4 is 5.32 Å². The first-order chi connectivity index (χ1) is 8.39. The summed E-state index contributed by atoms with van der Waals surface area (Å²) in [6.45, 7) is 11.7. The molecule has 3 heteroatoms. The smallest absolute Gasteiger partial charge is 0.237 e. The molecular formula is C15H30N2O. The number of nitrogens with zero attached hydrogens (tertiary/aromatic N) is 1. The molecule has 0 aromatic rings. The van der Waals surface area contributed by atoms with Gasteiger partial charge in [0.25, 0.3) is 0 Å². The Kier molecular flexibility index (Phi) is 5.64. The lowest BCUT2D eigenvalue weighted by molar-refractivity contribution is -0.130. The van der Waals surface area contributed by atoms with E-state index in [1.165, 1.54) is 12.8 Å². The fourth-order valence-corrected chi connectivity index (χ4v) is 2.88. The lowest BCUT2D eigenvalue weighted by Crippen LogP contribution is -2.56. The molecule has 1 heterocycles. The molecule has 18 heavy (non-hydrogen) atoms. The van der Waals surface area contributed by atoms with Gasteiger partial charge in [-0.15, -0.1) is 0 Å². The predicted molar refractivity (Wildman–Crippen MR) is 76.6 cm³/mol. The molecule has 0 aliphatic carbocycles. The maximum atomic E-state index is 12.4. The first-order valence-electron chi connectivity index (χ1n) is 7.46. The van der Waals surface area contributed by atoms with Gasteiger partial charge in [0.05, 0.1) is 6.04 Å². The summed E-state index contributed by atoms with van der Waals surface area (Å²) in [6, 6.07) is 0.642. The van der Waals surface area contributed by atoms with Crippen molar-refractivity contribution in [2.24, 2.45) is 0 Å². The number of nitrogens with one attached hydrogen (secondary N) is 1. The quantitative estimate of drug-likeness (QED) is 0.836. The molecule has 0 aromatic heterocycles. The van der Waals surface area contributed by atoms with Gasteiger partial charge in [-0.3, -0.25) is 9.69 Å². The summed E-state index contributed by atoms with van der Waals surface area (Å²) in [5.74, 6) is 0.217. The van der Waals surface area contributed by atoms with Crippen LogP contribution in [0.4, 0.5) is 0 Å². The fourth-order valence-electron chi connectivity index (χ4n) is 2.88. The summed E-state index contributed by atoms with van der Waals surface area (Å²) in [5, 5.41) is 3.14. The number of carbonyl (C=O) groups is 1. The Morgan fingerprint density at radius 2 is 1.89 bits per heavy atom. The average Bonchev–Trinajstić information content (AvgIpc) is 2.29. The van der Waals surface area contributed by atoms with Crippen LogP contribution >= 0.6 is 0 Å². The van der Waals surface area contributed by atoms with Gasteiger partial charge in [0.15, 0.2) is 0 Å². The molecule has 1 saturated heterocycles. The number of rotatable bonds is 4. The Morgan fingerprint density at radius 3 is 2.39 bits per heavy atom. The standard InChI is InChI=1S/C15H30N2O/c1-6-12(7-2)17-11-9-8-10-13(17)14(18)16-15(3,4)5/h12-13H,6-11H2,1-5H3,(H,16,18). The van der Waals surface area contributed by atoms with Crippen LogP contribution in [-0.2, 0) is 4.79 Å². The second-order valence-electron chi connectivity index (χ2n) is 6.46. The summed E-state index contributed by atoms with van der Waals surface area (Å²) in [7, 11) is 0. The maximum Gasteiger partial charge on any atom is 0.237 e. The van der Waals surface area contributed by atoms with Gasteiger partial charge in [0, 0.05) is 11.6 Å².